The molecule has 4 heteroatoms. The monoisotopic (exact) mass is 254 g/mol. The maximum Gasteiger partial charge on any atom is 0.246 e. The Bertz CT molecular complexity index is 304. The Hall–Kier alpha value is -1.06. The summed E-state index contributed by atoms with van der Waals surface area (Å²) in [6.07, 6.45) is 4.82. The second-order valence-corrected chi connectivity index (χ2v) is 5.26. The first-order chi connectivity index (χ1) is 8.52. The van der Waals surface area contributed by atoms with Gasteiger partial charge in [0.15, 0.2) is 0 Å². The summed E-state index contributed by atoms with van der Waals surface area (Å²) < 4.78 is 0. The lowest BCUT2D eigenvalue weighted by atomic mass is 10.00. The zero-order valence-corrected chi connectivity index (χ0v) is 12.0. The Balaban J connectivity index is 2.77. The quantitative estimate of drug-likeness (QED) is 0.789. The molecule has 104 valence electrons. The van der Waals surface area contributed by atoms with Gasteiger partial charge < -0.3 is 10.2 Å². The highest BCUT2D eigenvalue weighted by molar-refractivity contribution is 5.96. The molecule has 1 aliphatic rings. The first-order valence-electron chi connectivity index (χ1n) is 7.15. The van der Waals surface area contributed by atoms with Crippen LogP contribution in [0.3, 0.4) is 0 Å². The lowest BCUT2D eigenvalue weighted by molar-refractivity contribution is -0.151. The predicted molar refractivity (Wildman–Crippen MR) is 72.1 cm³/mol. The van der Waals surface area contributed by atoms with E-state index in [-0.39, 0.29) is 29.9 Å². The van der Waals surface area contributed by atoms with Gasteiger partial charge in [-0.15, -0.1) is 0 Å². The van der Waals surface area contributed by atoms with Crippen molar-refractivity contribution in [3.63, 3.8) is 0 Å². The van der Waals surface area contributed by atoms with Crippen LogP contribution in [0.25, 0.3) is 0 Å². The number of rotatable bonds is 6. The van der Waals surface area contributed by atoms with Gasteiger partial charge in [0.1, 0.15) is 12.1 Å². The average molecular weight is 254 g/mol. The van der Waals surface area contributed by atoms with Crippen LogP contribution in [0, 0.1) is 0 Å². The Labute approximate surface area is 110 Å². The third-order valence-electron chi connectivity index (χ3n) is 3.69. The number of nitrogens with one attached hydrogen (secondary N) is 1. The molecule has 0 bridgehead atoms. The molecule has 1 fully saturated rings. The zero-order chi connectivity index (χ0) is 13.7. The Kier molecular flexibility index (Phi) is 5.63. The zero-order valence-electron chi connectivity index (χ0n) is 12.0. The van der Waals surface area contributed by atoms with Crippen LogP contribution in [0.15, 0.2) is 0 Å². The van der Waals surface area contributed by atoms with Crippen LogP contribution >= 0.6 is 0 Å². The fourth-order valence-corrected chi connectivity index (χ4v) is 2.57. The Morgan fingerprint density at radius 2 is 1.94 bits per heavy atom. The van der Waals surface area contributed by atoms with Gasteiger partial charge in [0.05, 0.1) is 0 Å². The summed E-state index contributed by atoms with van der Waals surface area (Å²) in [5.41, 5.74) is 0. The minimum Gasteiger partial charge on any atom is -0.343 e. The lowest BCUT2D eigenvalue weighted by Gasteiger charge is -2.41. The smallest absolute Gasteiger partial charge is 0.246 e. The number of unbranched alkanes of at least 4 members (excludes halogenated alkanes) is 1. The molecule has 3 unspecified atom stereocenters. The molecule has 1 N–H and O–H groups in total. The van der Waals surface area contributed by atoms with Gasteiger partial charge in [-0.3, -0.25) is 9.59 Å². The highest BCUT2D eigenvalue weighted by Gasteiger charge is 2.39. The molecule has 0 aromatic heterocycles. The van der Waals surface area contributed by atoms with Crippen molar-refractivity contribution >= 4 is 11.8 Å². The molecule has 0 spiro atoms. The number of hydrogen-bond donors (Lipinski definition) is 1. The fraction of sp³-hybridized carbons (Fsp3) is 0.857. The lowest BCUT2D eigenvalue weighted by Crippen LogP contribution is -2.64. The van der Waals surface area contributed by atoms with Crippen molar-refractivity contribution < 1.29 is 9.59 Å². The molecule has 1 saturated heterocycles. The molecule has 2 amide bonds. The molecular formula is C14H26N2O2. The Morgan fingerprint density at radius 3 is 2.50 bits per heavy atom. The molecule has 0 radical (unpaired) electrons. The van der Waals surface area contributed by atoms with Crippen LogP contribution in [0.2, 0.25) is 0 Å². The van der Waals surface area contributed by atoms with E-state index in [1.54, 1.807) is 4.90 Å². The maximum atomic E-state index is 12.4. The van der Waals surface area contributed by atoms with Crippen LogP contribution in [-0.2, 0) is 9.59 Å². The van der Waals surface area contributed by atoms with Gasteiger partial charge in [-0.05, 0) is 26.7 Å². The fourth-order valence-electron chi connectivity index (χ4n) is 2.57. The highest BCUT2D eigenvalue weighted by Crippen LogP contribution is 2.19. The summed E-state index contributed by atoms with van der Waals surface area (Å²) in [4.78, 5) is 26.1. The van der Waals surface area contributed by atoms with Crippen molar-refractivity contribution in [3.05, 3.63) is 0 Å². The molecule has 18 heavy (non-hydrogen) atoms. The van der Waals surface area contributed by atoms with Gasteiger partial charge in [0.25, 0.3) is 0 Å². The summed E-state index contributed by atoms with van der Waals surface area (Å²) in [7, 11) is 0. The average Bonchev–Trinajstić information content (AvgIpc) is 2.34. The molecule has 1 rings (SSSR count). The summed E-state index contributed by atoms with van der Waals surface area (Å²) in [6.45, 7) is 8.03. The van der Waals surface area contributed by atoms with Crippen LogP contribution in [0.4, 0.5) is 0 Å². The number of carbonyl (C=O) groups is 2. The number of hydrogen-bond acceptors (Lipinski definition) is 2. The third kappa shape index (κ3) is 3.24. The van der Waals surface area contributed by atoms with E-state index in [1.807, 2.05) is 20.8 Å². The number of carbonyl (C=O) groups excluding carboxylic acids is 2. The summed E-state index contributed by atoms with van der Waals surface area (Å²) >= 11 is 0. The van der Waals surface area contributed by atoms with E-state index in [9.17, 15) is 9.59 Å². The van der Waals surface area contributed by atoms with E-state index in [0.717, 1.165) is 32.1 Å². The van der Waals surface area contributed by atoms with E-state index in [2.05, 4.69) is 12.2 Å². The second-order valence-electron chi connectivity index (χ2n) is 5.26. The van der Waals surface area contributed by atoms with Gasteiger partial charge in [0.2, 0.25) is 11.8 Å². The molecule has 0 aromatic rings. The van der Waals surface area contributed by atoms with Crippen LogP contribution in [0.1, 0.15) is 59.8 Å². The van der Waals surface area contributed by atoms with E-state index in [0.29, 0.717) is 0 Å². The van der Waals surface area contributed by atoms with Crippen molar-refractivity contribution in [2.75, 3.05) is 0 Å². The van der Waals surface area contributed by atoms with E-state index < -0.39 is 0 Å². The number of nitrogens with zero attached hydrogens (tertiary/aromatic N) is 1. The first-order valence-corrected chi connectivity index (χ1v) is 7.15. The van der Waals surface area contributed by atoms with Crippen molar-refractivity contribution in [1.29, 1.82) is 0 Å². The Morgan fingerprint density at radius 1 is 1.28 bits per heavy atom. The largest absolute Gasteiger partial charge is 0.343 e. The number of piperazine rings is 1. The molecule has 1 aliphatic heterocycles. The first kappa shape index (κ1) is 15.0. The normalized spacial score (nSPS) is 26.1. The van der Waals surface area contributed by atoms with E-state index >= 15 is 0 Å². The van der Waals surface area contributed by atoms with E-state index in [1.165, 1.54) is 0 Å². The molecule has 0 saturated carbocycles. The molecule has 0 aliphatic carbocycles. The minimum atomic E-state index is -0.336. The van der Waals surface area contributed by atoms with Crippen molar-refractivity contribution in [3.8, 4) is 0 Å². The number of amides is 2. The van der Waals surface area contributed by atoms with Crippen molar-refractivity contribution in [2.24, 2.45) is 0 Å². The molecule has 3 atom stereocenters. The van der Waals surface area contributed by atoms with Crippen LogP contribution in [0.5, 0.6) is 0 Å². The van der Waals surface area contributed by atoms with Crippen LogP contribution < -0.4 is 5.32 Å². The summed E-state index contributed by atoms with van der Waals surface area (Å²) in [6, 6.07) is -0.502. The summed E-state index contributed by atoms with van der Waals surface area (Å²) in [5.74, 6) is 0.0731. The maximum absolute atomic E-state index is 12.4. The van der Waals surface area contributed by atoms with Gasteiger partial charge in [-0.2, -0.15) is 0 Å². The van der Waals surface area contributed by atoms with Gasteiger partial charge >= 0.3 is 0 Å². The van der Waals surface area contributed by atoms with Gasteiger partial charge in [0, 0.05) is 6.04 Å². The van der Waals surface area contributed by atoms with Crippen molar-refractivity contribution in [1.82, 2.24) is 10.2 Å². The third-order valence-corrected chi connectivity index (χ3v) is 3.69. The predicted octanol–water partition coefficient (Wildman–Crippen LogP) is 2.08. The molecule has 0 aromatic carbocycles. The molecule has 1 heterocycles. The molecule has 4 nitrogen and oxygen atoms in total. The topological polar surface area (TPSA) is 49.4 Å². The van der Waals surface area contributed by atoms with Crippen LogP contribution in [-0.4, -0.2) is 34.8 Å². The summed E-state index contributed by atoms with van der Waals surface area (Å²) in [5, 5.41) is 2.83. The van der Waals surface area contributed by atoms with Crippen molar-refractivity contribution in [2.45, 2.75) is 77.9 Å². The minimum absolute atomic E-state index is 0.0172. The van der Waals surface area contributed by atoms with Gasteiger partial charge in [-0.1, -0.05) is 33.1 Å². The van der Waals surface area contributed by atoms with E-state index in [4.69, 9.17) is 0 Å². The molecular weight excluding hydrogens is 228 g/mol. The van der Waals surface area contributed by atoms with Gasteiger partial charge in [-0.25, -0.2) is 0 Å². The standard InChI is InChI=1S/C14H26N2O2/c1-5-7-9-10(3)16-11(4)13(17)15-12(8-6-2)14(16)18/h10-12H,5-9H2,1-4H3,(H,15,17). The SMILES string of the molecule is CCCCC(C)N1C(=O)C(CCC)NC(=O)C1C. The highest BCUT2D eigenvalue weighted by atomic mass is 16.2. The second kappa shape index (κ2) is 6.76.